The molecule has 0 aliphatic carbocycles. The second-order valence-corrected chi connectivity index (χ2v) is 10.9. The minimum Gasteiger partial charge on any atom is -0.446 e. The number of hydrogen-bond donors (Lipinski definition) is 5. The van der Waals surface area contributed by atoms with Crippen LogP contribution < -0.4 is 26.6 Å². The molecule has 0 radical (unpaired) electrons. The van der Waals surface area contributed by atoms with Crippen molar-refractivity contribution in [3.63, 3.8) is 0 Å². The summed E-state index contributed by atoms with van der Waals surface area (Å²) in [7, 11) is 0. The molecule has 2 aliphatic rings. The van der Waals surface area contributed by atoms with E-state index in [1.54, 1.807) is 0 Å². The van der Waals surface area contributed by atoms with Crippen LogP contribution in [0.2, 0.25) is 0 Å². The van der Waals surface area contributed by atoms with E-state index in [1.807, 2.05) is 44.2 Å². The molecular weight excluding hydrogens is 548 g/mol. The lowest BCUT2D eigenvalue weighted by Gasteiger charge is -2.28. The second-order valence-electron chi connectivity index (χ2n) is 10.9. The van der Waals surface area contributed by atoms with Crippen molar-refractivity contribution in [3.05, 3.63) is 53.7 Å². The third-order valence-electron chi connectivity index (χ3n) is 7.40. The molecule has 2 bridgehead atoms. The smallest absolute Gasteiger partial charge is 0.273 e. The Bertz CT molecular complexity index is 1170. The maximum absolute atomic E-state index is 13.6. The molecule has 5 N–H and O–H groups in total. The van der Waals surface area contributed by atoms with E-state index in [4.69, 9.17) is 4.42 Å². The van der Waals surface area contributed by atoms with Gasteiger partial charge < -0.3 is 31.0 Å². The minimum absolute atomic E-state index is 0. The molecule has 12 heteroatoms. The molecule has 1 aromatic carbocycles. The van der Waals surface area contributed by atoms with Crippen LogP contribution in [0, 0.1) is 11.8 Å². The molecule has 1 fully saturated rings. The van der Waals surface area contributed by atoms with Crippen molar-refractivity contribution in [3.8, 4) is 0 Å². The van der Waals surface area contributed by atoms with Crippen LogP contribution in [-0.4, -0.2) is 60.3 Å². The van der Waals surface area contributed by atoms with E-state index in [1.165, 1.54) is 6.26 Å². The van der Waals surface area contributed by atoms with Gasteiger partial charge in [-0.2, -0.15) is 0 Å². The van der Waals surface area contributed by atoms with Gasteiger partial charge in [-0.05, 0) is 50.1 Å². The molecule has 4 atom stereocenters. The van der Waals surface area contributed by atoms with E-state index in [0.29, 0.717) is 38.8 Å². The summed E-state index contributed by atoms with van der Waals surface area (Å²) in [6.45, 7) is 5.54. The molecule has 41 heavy (non-hydrogen) atoms. The highest BCUT2D eigenvalue weighted by molar-refractivity contribution is 5.93. The van der Waals surface area contributed by atoms with Gasteiger partial charge in [0.05, 0.1) is 5.92 Å². The Morgan fingerprint density at radius 3 is 2.51 bits per heavy atom. The first-order valence-electron chi connectivity index (χ1n) is 14.2. The van der Waals surface area contributed by atoms with Gasteiger partial charge in [-0.3, -0.25) is 19.2 Å². The van der Waals surface area contributed by atoms with Gasteiger partial charge in [-0.1, -0.05) is 44.2 Å². The number of fused-ring (bicyclic) bond motifs is 2. The number of nitrogens with zero attached hydrogens (tertiary/aromatic N) is 1. The number of benzene rings is 1. The fourth-order valence-electron chi connectivity index (χ4n) is 5.05. The normalized spacial score (nSPS) is 24.4. The predicted octanol–water partition coefficient (Wildman–Crippen LogP) is 2.04. The minimum atomic E-state index is -0.854. The molecular formula is C29H41ClN6O5. The highest BCUT2D eigenvalue weighted by Crippen LogP contribution is 2.20. The van der Waals surface area contributed by atoms with Gasteiger partial charge in [-0.15, -0.1) is 12.4 Å². The van der Waals surface area contributed by atoms with Crippen molar-refractivity contribution in [2.45, 2.75) is 70.5 Å². The van der Waals surface area contributed by atoms with Crippen molar-refractivity contribution in [2.24, 2.45) is 11.8 Å². The number of carbonyl (C=O) groups excluding carboxylic acids is 4. The number of halogens is 1. The molecule has 4 amide bonds. The van der Waals surface area contributed by atoms with Crippen molar-refractivity contribution >= 4 is 36.0 Å². The summed E-state index contributed by atoms with van der Waals surface area (Å²) in [5, 5.41) is 14.9. The van der Waals surface area contributed by atoms with Crippen molar-refractivity contribution in [1.29, 1.82) is 0 Å². The Morgan fingerprint density at radius 2 is 1.80 bits per heavy atom. The average Bonchev–Trinajstić information content (AvgIpc) is 3.45. The van der Waals surface area contributed by atoms with Crippen LogP contribution in [0.15, 0.2) is 41.0 Å². The fourth-order valence-corrected chi connectivity index (χ4v) is 5.05. The zero-order chi connectivity index (χ0) is 28.5. The highest BCUT2D eigenvalue weighted by atomic mass is 35.5. The maximum atomic E-state index is 13.6. The van der Waals surface area contributed by atoms with Crippen LogP contribution in [0.25, 0.3) is 0 Å². The zero-order valence-electron chi connectivity index (χ0n) is 23.6. The maximum Gasteiger partial charge on any atom is 0.273 e. The Labute approximate surface area is 246 Å². The lowest BCUT2D eigenvalue weighted by atomic mass is 9.97. The van der Waals surface area contributed by atoms with Gasteiger partial charge >= 0.3 is 0 Å². The second kappa shape index (κ2) is 15.5. The third kappa shape index (κ3) is 9.02. The monoisotopic (exact) mass is 588 g/mol. The largest absolute Gasteiger partial charge is 0.446 e. The van der Waals surface area contributed by atoms with Gasteiger partial charge in [0, 0.05) is 19.5 Å². The van der Waals surface area contributed by atoms with Gasteiger partial charge in [-0.25, -0.2) is 4.98 Å². The molecule has 4 rings (SSSR count). The number of nitrogens with one attached hydrogen (secondary N) is 5. The molecule has 224 valence electrons. The first-order valence-corrected chi connectivity index (χ1v) is 14.2. The summed E-state index contributed by atoms with van der Waals surface area (Å²) in [4.78, 5) is 57.1. The zero-order valence-corrected chi connectivity index (χ0v) is 24.4. The van der Waals surface area contributed by atoms with E-state index in [9.17, 15) is 19.2 Å². The number of amides is 4. The molecule has 2 aliphatic heterocycles. The van der Waals surface area contributed by atoms with Crippen LogP contribution in [0.5, 0.6) is 0 Å². The Morgan fingerprint density at radius 1 is 1.02 bits per heavy atom. The first kappa shape index (κ1) is 32.1. The molecule has 1 aromatic heterocycles. The summed E-state index contributed by atoms with van der Waals surface area (Å²) in [6, 6.07) is 7.24. The summed E-state index contributed by atoms with van der Waals surface area (Å²) in [5.41, 5.74) is 1.07. The van der Waals surface area contributed by atoms with Gasteiger partial charge in [0.25, 0.3) is 5.91 Å². The van der Waals surface area contributed by atoms with Crippen LogP contribution in [0.3, 0.4) is 0 Å². The molecule has 1 saturated heterocycles. The molecule has 11 nitrogen and oxygen atoms in total. The van der Waals surface area contributed by atoms with Crippen molar-refractivity contribution < 1.29 is 23.6 Å². The van der Waals surface area contributed by atoms with Crippen molar-refractivity contribution in [2.75, 3.05) is 19.6 Å². The topological polar surface area (TPSA) is 154 Å². The summed E-state index contributed by atoms with van der Waals surface area (Å²) >= 11 is 0. The van der Waals surface area contributed by atoms with E-state index in [2.05, 4.69) is 31.6 Å². The third-order valence-corrected chi connectivity index (χ3v) is 7.40. The number of piperidine rings is 1. The molecule has 3 heterocycles. The van der Waals surface area contributed by atoms with Crippen molar-refractivity contribution in [1.82, 2.24) is 31.6 Å². The number of hydrogen-bond acceptors (Lipinski definition) is 7. The Hall–Kier alpha value is -3.44. The van der Waals surface area contributed by atoms with Gasteiger partial charge in [0.1, 0.15) is 24.4 Å². The predicted molar refractivity (Wildman–Crippen MR) is 155 cm³/mol. The quantitative estimate of drug-likeness (QED) is 0.358. The Kier molecular flexibility index (Phi) is 12.2. The summed E-state index contributed by atoms with van der Waals surface area (Å²) in [6.07, 6.45) is 4.90. The van der Waals surface area contributed by atoms with Crippen LogP contribution >= 0.6 is 12.4 Å². The molecule has 0 unspecified atom stereocenters. The van der Waals surface area contributed by atoms with E-state index in [-0.39, 0.29) is 47.6 Å². The van der Waals surface area contributed by atoms with Crippen LogP contribution in [0.4, 0.5) is 0 Å². The summed E-state index contributed by atoms with van der Waals surface area (Å²) < 4.78 is 5.65. The molecule has 0 saturated carbocycles. The first-order chi connectivity index (χ1) is 19.3. The number of oxazole rings is 1. The number of carbonyl (C=O) groups is 4. The molecule has 2 aromatic rings. The number of rotatable bonds is 5. The standard InChI is InChI=1S/C29H40N6O5.ClH/c1-18(2)24-28(39)33-22(15-19-9-4-3-5-10-19)29-34-23(17-40-29)26(37)31-14-7-6-12-21(27(38)35-24)32-25(36)20-11-8-13-30-16-20;/h3-5,9-10,17-18,20-22,24,30H,6-8,11-16H2,1-2H3,(H,31,37)(H,32,36)(H,33,39)(H,35,38);1H/t20-,21+,22-,24+;/m1./s1. The lowest BCUT2D eigenvalue weighted by Crippen LogP contribution is -2.56. The highest BCUT2D eigenvalue weighted by Gasteiger charge is 2.33. The summed E-state index contributed by atoms with van der Waals surface area (Å²) in [5.74, 6) is -1.57. The number of aromatic nitrogens is 1. The molecule has 0 spiro atoms. The van der Waals surface area contributed by atoms with E-state index < -0.39 is 29.9 Å². The SMILES string of the molecule is CC(C)[C@@H]1NC(=O)[C@@H](NC(=O)[C@@H]2CCCNC2)CCCCNC(=O)c2coc(n2)[C@@H](Cc2ccccc2)NC1=O.Cl. The van der Waals surface area contributed by atoms with Gasteiger partial charge in [0.15, 0.2) is 5.69 Å². The lowest BCUT2D eigenvalue weighted by molar-refractivity contribution is -0.134. The Balaban J connectivity index is 0.00000462. The average molecular weight is 589 g/mol. The fraction of sp³-hybridized carbons (Fsp3) is 0.552. The van der Waals surface area contributed by atoms with E-state index >= 15 is 0 Å². The van der Waals surface area contributed by atoms with Crippen LogP contribution in [0.1, 0.15) is 73.9 Å². The van der Waals surface area contributed by atoms with E-state index in [0.717, 1.165) is 24.9 Å². The van der Waals surface area contributed by atoms with Crippen LogP contribution in [-0.2, 0) is 20.8 Å². The van der Waals surface area contributed by atoms with Gasteiger partial charge in [0.2, 0.25) is 23.6 Å².